The molecule has 1 aromatic carbocycles. The van der Waals surface area contributed by atoms with E-state index in [1.807, 2.05) is 13.8 Å². The summed E-state index contributed by atoms with van der Waals surface area (Å²) in [5, 5.41) is 2.87. The van der Waals surface area contributed by atoms with Gasteiger partial charge in [0, 0.05) is 44.0 Å². The molecule has 1 aromatic rings. The van der Waals surface area contributed by atoms with E-state index in [0.29, 0.717) is 12.2 Å². The molecule has 8 heteroatoms. The number of piperazine rings is 1. The van der Waals surface area contributed by atoms with Crippen molar-refractivity contribution < 1.29 is 13.2 Å². The molecule has 0 saturated carbocycles. The van der Waals surface area contributed by atoms with Gasteiger partial charge in [-0.05, 0) is 58.0 Å². The second kappa shape index (κ2) is 8.90. The predicted molar refractivity (Wildman–Crippen MR) is 111 cm³/mol. The number of benzene rings is 1. The van der Waals surface area contributed by atoms with E-state index in [-0.39, 0.29) is 22.9 Å². The number of rotatable bonds is 5. The number of hydrogen-bond acceptors (Lipinski definition) is 5. The van der Waals surface area contributed by atoms with Crippen molar-refractivity contribution in [2.24, 2.45) is 0 Å². The molecule has 2 aliphatic heterocycles. The van der Waals surface area contributed by atoms with Crippen LogP contribution in [-0.4, -0.2) is 80.3 Å². The average molecular weight is 409 g/mol. The van der Waals surface area contributed by atoms with Crippen molar-refractivity contribution in [3.63, 3.8) is 0 Å². The molecule has 0 unspecified atom stereocenters. The molecule has 2 heterocycles. The highest BCUT2D eigenvalue weighted by Crippen LogP contribution is 2.29. The number of likely N-dealkylation sites (N-methyl/N-ethyl adjacent to an activating group) is 1. The van der Waals surface area contributed by atoms with Crippen LogP contribution in [0.4, 0.5) is 5.69 Å². The minimum absolute atomic E-state index is 0.0108. The molecule has 1 amide bonds. The summed E-state index contributed by atoms with van der Waals surface area (Å²) in [6, 6.07) is 6.56. The molecule has 1 N–H and O–H groups in total. The van der Waals surface area contributed by atoms with E-state index >= 15 is 0 Å². The van der Waals surface area contributed by atoms with E-state index in [1.54, 1.807) is 28.6 Å². The normalized spacial score (nSPS) is 25.5. The second-order valence-electron chi connectivity index (χ2n) is 8.12. The third-order valence-corrected chi connectivity index (χ3v) is 7.93. The minimum Gasteiger partial charge on any atom is -0.325 e. The third kappa shape index (κ3) is 4.92. The Balaban J connectivity index is 1.62. The molecule has 2 saturated heterocycles. The lowest BCUT2D eigenvalue weighted by Gasteiger charge is -2.37. The molecule has 2 atom stereocenters. The number of carbonyl (C=O) groups is 1. The van der Waals surface area contributed by atoms with Crippen LogP contribution in [0.2, 0.25) is 0 Å². The second-order valence-corrected chi connectivity index (χ2v) is 9.96. The topological polar surface area (TPSA) is 73.0 Å². The fourth-order valence-corrected chi connectivity index (χ4v) is 5.99. The average Bonchev–Trinajstić information content (AvgIpc) is 2.64. The number of piperidine rings is 1. The zero-order chi connectivity index (χ0) is 20.3. The number of nitrogens with one attached hydrogen (secondary N) is 1. The molecule has 28 heavy (non-hydrogen) atoms. The Kier molecular flexibility index (Phi) is 6.75. The van der Waals surface area contributed by atoms with Gasteiger partial charge in [-0.3, -0.25) is 9.69 Å². The number of amides is 1. The van der Waals surface area contributed by atoms with Crippen LogP contribution in [-0.2, 0) is 14.8 Å². The summed E-state index contributed by atoms with van der Waals surface area (Å²) in [7, 11) is -1.44. The van der Waals surface area contributed by atoms with Crippen molar-refractivity contribution in [1.82, 2.24) is 14.1 Å². The van der Waals surface area contributed by atoms with Crippen molar-refractivity contribution in [3.05, 3.63) is 24.3 Å². The van der Waals surface area contributed by atoms with Gasteiger partial charge in [0.2, 0.25) is 15.9 Å². The Morgan fingerprint density at radius 1 is 1.04 bits per heavy atom. The molecule has 0 spiro atoms. The highest BCUT2D eigenvalue weighted by molar-refractivity contribution is 7.89. The maximum absolute atomic E-state index is 13.1. The van der Waals surface area contributed by atoms with Crippen LogP contribution in [0.15, 0.2) is 29.2 Å². The van der Waals surface area contributed by atoms with Crippen LogP contribution in [0.1, 0.15) is 33.1 Å². The first kappa shape index (κ1) is 21.2. The van der Waals surface area contributed by atoms with Crippen LogP contribution < -0.4 is 5.32 Å². The standard InChI is InChI=1S/C20H32N4O3S/c1-16-5-4-6-17(2)24(16)28(26,27)19-9-7-18(8-10-19)21-20(25)15-23-13-11-22(3)12-14-23/h7-10,16-17H,4-6,11-15H2,1-3H3,(H,21,25)/t16-,17-/m0/s1. The van der Waals surface area contributed by atoms with Crippen molar-refractivity contribution in [1.29, 1.82) is 0 Å². The van der Waals surface area contributed by atoms with Gasteiger partial charge in [-0.1, -0.05) is 6.42 Å². The Labute approximate surface area is 168 Å². The Morgan fingerprint density at radius 3 is 2.18 bits per heavy atom. The van der Waals surface area contributed by atoms with E-state index in [2.05, 4.69) is 22.2 Å². The quantitative estimate of drug-likeness (QED) is 0.805. The van der Waals surface area contributed by atoms with E-state index in [1.165, 1.54) is 0 Å². The van der Waals surface area contributed by atoms with Gasteiger partial charge in [-0.25, -0.2) is 8.42 Å². The van der Waals surface area contributed by atoms with Crippen molar-refractivity contribution >= 4 is 21.6 Å². The van der Waals surface area contributed by atoms with Gasteiger partial charge in [0.15, 0.2) is 0 Å². The monoisotopic (exact) mass is 408 g/mol. The highest BCUT2D eigenvalue weighted by Gasteiger charge is 2.35. The Hall–Kier alpha value is -1.48. The lowest BCUT2D eigenvalue weighted by Crippen LogP contribution is -2.47. The zero-order valence-electron chi connectivity index (χ0n) is 17.1. The molecular weight excluding hydrogens is 376 g/mol. The van der Waals surface area contributed by atoms with E-state index in [0.717, 1.165) is 45.4 Å². The fraction of sp³-hybridized carbons (Fsp3) is 0.650. The summed E-state index contributed by atoms with van der Waals surface area (Å²) < 4.78 is 27.8. The van der Waals surface area contributed by atoms with Crippen molar-refractivity contribution in [2.45, 2.75) is 50.1 Å². The maximum Gasteiger partial charge on any atom is 0.243 e. The molecule has 0 aliphatic carbocycles. The van der Waals surface area contributed by atoms with Gasteiger partial charge in [0.05, 0.1) is 11.4 Å². The number of hydrogen-bond donors (Lipinski definition) is 1. The van der Waals surface area contributed by atoms with Crippen molar-refractivity contribution in [3.8, 4) is 0 Å². The molecule has 2 aliphatic rings. The zero-order valence-corrected chi connectivity index (χ0v) is 17.9. The molecule has 0 aromatic heterocycles. The van der Waals surface area contributed by atoms with Crippen LogP contribution in [0.25, 0.3) is 0 Å². The first-order valence-electron chi connectivity index (χ1n) is 10.1. The molecule has 3 rings (SSSR count). The van der Waals surface area contributed by atoms with Crippen LogP contribution in [0.5, 0.6) is 0 Å². The van der Waals surface area contributed by atoms with Gasteiger partial charge in [-0.2, -0.15) is 4.31 Å². The summed E-state index contributed by atoms with van der Waals surface area (Å²) in [5.41, 5.74) is 0.623. The first-order chi connectivity index (χ1) is 13.3. The maximum atomic E-state index is 13.1. The molecule has 156 valence electrons. The predicted octanol–water partition coefficient (Wildman–Crippen LogP) is 1.82. The van der Waals surface area contributed by atoms with Gasteiger partial charge in [-0.15, -0.1) is 0 Å². The van der Waals surface area contributed by atoms with E-state index in [9.17, 15) is 13.2 Å². The minimum atomic E-state index is -3.53. The van der Waals surface area contributed by atoms with Gasteiger partial charge >= 0.3 is 0 Å². The molecule has 2 fully saturated rings. The summed E-state index contributed by atoms with van der Waals surface area (Å²) in [4.78, 5) is 16.9. The van der Waals surface area contributed by atoms with E-state index in [4.69, 9.17) is 0 Å². The fourth-order valence-electron chi connectivity index (χ4n) is 4.11. The summed E-state index contributed by atoms with van der Waals surface area (Å²) >= 11 is 0. The van der Waals surface area contributed by atoms with Gasteiger partial charge in [0.1, 0.15) is 0 Å². The smallest absolute Gasteiger partial charge is 0.243 e. The summed E-state index contributed by atoms with van der Waals surface area (Å²) in [5.74, 6) is -0.0709. The SMILES string of the molecule is C[C@H]1CCC[C@H](C)N1S(=O)(=O)c1ccc(NC(=O)CN2CCN(C)CC2)cc1. The highest BCUT2D eigenvalue weighted by atomic mass is 32.2. The number of anilines is 1. The van der Waals surface area contributed by atoms with Crippen LogP contribution in [0, 0.1) is 0 Å². The molecule has 7 nitrogen and oxygen atoms in total. The first-order valence-corrected chi connectivity index (χ1v) is 11.6. The summed E-state index contributed by atoms with van der Waals surface area (Å²) in [6.45, 7) is 8.00. The Bertz CT molecular complexity index is 763. The molecule has 0 bridgehead atoms. The van der Waals surface area contributed by atoms with Gasteiger partial charge in [0.25, 0.3) is 0 Å². The number of carbonyl (C=O) groups excluding carboxylic acids is 1. The van der Waals surface area contributed by atoms with Gasteiger partial charge < -0.3 is 10.2 Å². The van der Waals surface area contributed by atoms with E-state index < -0.39 is 10.0 Å². The van der Waals surface area contributed by atoms with Crippen molar-refractivity contribution in [2.75, 3.05) is 45.1 Å². The summed E-state index contributed by atoms with van der Waals surface area (Å²) in [6.07, 6.45) is 2.85. The molecular formula is C20H32N4O3S. The Morgan fingerprint density at radius 2 is 1.61 bits per heavy atom. The lowest BCUT2D eigenvalue weighted by molar-refractivity contribution is -0.117. The lowest BCUT2D eigenvalue weighted by atomic mass is 10.0. The van der Waals surface area contributed by atoms with Crippen LogP contribution >= 0.6 is 0 Å². The number of nitrogens with zero attached hydrogens (tertiary/aromatic N) is 3. The third-order valence-electron chi connectivity index (χ3n) is 5.79. The number of sulfonamides is 1. The largest absolute Gasteiger partial charge is 0.325 e. The van der Waals surface area contributed by atoms with Crippen LogP contribution in [0.3, 0.4) is 0 Å². The molecule has 0 radical (unpaired) electrons.